The number of imidazole rings is 1. The van der Waals surface area contributed by atoms with E-state index in [2.05, 4.69) is 14.7 Å². The topological polar surface area (TPSA) is 74.8 Å². The summed E-state index contributed by atoms with van der Waals surface area (Å²) in [5.41, 5.74) is 1.84. The number of sulfonamides is 1. The maximum atomic E-state index is 11.9. The highest BCUT2D eigenvalue weighted by atomic mass is 35.5. The number of benzene rings is 1. The van der Waals surface area contributed by atoms with E-state index >= 15 is 0 Å². The number of aromatic nitrogens is 2. The number of hydrogen-bond donors (Lipinski definition) is 2. The molecule has 2 N–H and O–H groups in total. The van der Waals surface area contributed by atoms with Crippen LogP contribution in [0.15, 0.2) is 48.9 Å². The molecule has 0 aliphatic carbocycles. The summed E-state index contributed by atoms with van der Waals surface area (Å²) in [5.74, 6) is -0.0266. The van der Waals surface area contributed by atoms with Crippen LogP contribution in [0.5, 0.6) is 0 Å². The van der Waals surface area contributed by atoms with Gasteiger partial charge in [0.15, 0.2) is 0 Å². The molecule has 1 aromatic heterocycles. The zero-order chi connectivity index (χ0) is 15.8. The fourth-order valence-electron chi connectivity index (χ4n) is 1.83. The lowest BCUT2D eigenvalue weighted by atomic mass is 10.2. The molecule has 0 amide bonds. The maximum Gasteiger partial charge on any atom is 0.215 e. The van der Waals surface area contributed by atoms with Crippen LogP contribution >= 0.6 is 11.6 Å². The molecule has 0 aliphatic heterocycles. The van der Waals surface area contributed by atoms with E-state index in [1.807, 2.05) is 12.3 Å². The first kappa shape index (κ1) is 16.7. The first-order chi connectivity index (χ1) is 10.6. The summed E-state index contributed by atoms with van der Waals surface area (Å²) in [6.45, 7) is 0.264. The van der Waals surface area contributed by atoms with E-state index in [-0.39, 0.29) is 12.3 Å². The van der Waals surface area contributed by atoms with Crippen molar-refractivity contribution in [2.45, 2.75) is 19.4 Å². The predicted molar refractivity (Wildman–Crippen MR) is 88.1 cm³/mol. The molecule has 0 atom stereocenters. The van der Waals surface area contributed by atoms with E-state index in [9.17, 15) is 8.42 Å². The third-order valence-corrected chi connectivity index (χ3v) is 4.48. The zero-order valence-corrected chi connectivity index (χ0v) is 13.6. The molecule has 5 nitrogen and oxygen atoms in total. The highest BCUT2D eigenvalue weighted by molar-refractivity contribution is 7.89. The number of nitrogens with zero attached hydrogens (tertiary/aromatic N) is 1. The normalized spacial score (nSPS) is 12.0. The van der Waals surface area contributed by atoms with Gasteiger partial charge in [-0.15, -0.1) is 0 Å². The largest absolute Gasteiger partial charge is 0.351 e. The van der Waals surface area contributed by atoms with Crippen molar-refractivity contribution in [1.82, 2.24) is 14.7 Å². The molecule has 2 aromatic rings. The summed E-state index contributed by atoms with van der Waals surface area (Å²) < 4.78 is 26.3. The second-order valence-corrected chi connectivity index (χ2v) is 7.09. The quantitative estimate of drug-likeness (QED) is 0.726. The zero-order valence-electron chi connectivity index (χ0n) is 12.0. The first-order valence-corrected chi connectivity index (χ1v) is 8.93. The molecule has 0 saturated carbocycles. The molecule has 2 rings (SSSR count). The Morgan fingerprint density at radius 2 is 2.00 bits per heavy atom. The van der Waals surface area contributed by atoms with Crippen LogP contribution in [0.3, 0.4) is 0 Å². The van der Waals surface area contributed by atoms with Crippen molar-refractivity contribution in [3.63, 3.8) is 0 Å². The van der Waals surface area contributed by atoms with Gasteiger partial charge in [-0.3, -0.25) is 0 Å². The van der Waals surface area contributed by atoms with E-state index < -0.39 is 10.0 Å². The van der Waals surface area contributed by atoms with Crippen molar-refractivity contribution >= 4 is 21.6 Å². The Bertz CT molecular complexity index is 695. The molecule has 118 valence electrons. The number of rotatable bonds is 8. The van der Waals surface area contributed by atoms with E-state index in [4.69, 9.17) is 11.6 Å². The SMILES string of the molecule is O=S(=O)(CC=CCCc1c[nH]cn1)NCc1ccc(Cl)cc1. The first-order valence-electron chi connectivity index (χ1n) is 6.89. The second-order valence-electron chi connectivity index (χ2n) is 4.80. The molecule has 1 heterocycles. The highest BCUT2D eigenvalue weighted by Gasteiger charge is 2.07. The predicted octanol–water partition coefficient (Wildman–Crippen LogP) is 2.67. The van der Waals surface area contributed by atoms with Crippen molar-refractivity contribution in [2.24, 2.45) is 0 Å². The summed E-state index contributed by atoms with van der Waals surface area (Å²) in [5, 5.41) is 0.631. The molecule has 0 bridgehead atoms. The second kappa shape index (κ2) is 8.12. The van der Waals surface area contributed by atoms with Crippen LogP contribution in [0.1, 0.15) is 17.7 Å². The van der Waals surface area contributed by atoms with Gasteiger partial charge >= 0.3 is 0 Å². The van der Waals surface area contributed by atoms with Crippen LogP contribution in [0.4, 0.5) is 0 Å². The van der Waals surface area contributed by atoms with Gasteiger partial charge in [-0.1, -0.05) is 35.9 Å². The van der Waals surface area contributed by atoms with E-state index in [0.29, 0.717) is 5.02 Å². The molecule has 1 aromatic carbocycles. The summed E-state index contributed by atoms with van der Waals surface area (Å²) in [6, 6.07) is 7.06. The summed E-state index contributed by atoms with van der Waals surface area (Å²) in [6.07, 6.45) is 8.53. The van der Waals surface area contributed by atoms with Gasteiger partial charge in [0.25, 0.3) is 0 Å². The molecule has 0 fully saturated rings. The molecular weight excluding hydrogens is 322 g/mol. The van der Waals surface area contributed by atoms with Crippen molar-refractivity contribution in [2.75, 3.05) is 5.75 Å². The lowest BCUT2D eigenvalue weighted by Crippen LogP contribution is -2.25. The third kappa shape index (κ3) is 6.01. The van der Waals surface area contributed by atoms with Crippen molar-refractivity contribution in [1.29, 1.82) is 0 Å². The van der Waals surface area contributed by atoms with Crippen molar-refractivity contribution in [3.05, 3.63) is 65.2 Å². The number of H-pyrrole nitrogens is 1. The van der Waals surface area contributed by atoms with Gasteiger partial charge in [0.05, 0.1) is 17.8 Å². The molecule has 0 saturated heterocycles. The van der Waals surface area contributed by atoms with Crippen molar-refractivity contribution < 1.29 is 8.42 Å². The van der Waals surface area contributed by atoms with Gasteiger partial charge in [0.2, 0.25) is 10.0 Å². The smallest absolute Gasteiger partial charge is 0.215 e. The lowest BCUT2D eigenvalue weighted by molar-refractivity contribution is 0.584. The maximum absolute atomic E-state index is 11.9. The van der Waals surface area contributed by atoms with Crippen LogP contribution in [0, 0.1) is 0 Å². The Hall–Kier alpha value is -1.63. The number of aryl methyl sites for hydroxylation is 1. The minimum atomic E-state index is -3.32. The lowest BCUT2D eigenvalue weighted by Gasteiger charge is -2.04. The average molecular weight is 340 g/mol. The molecule has 0 spiro atoms. The Morgan fingerprint density at radius 1 is 1.23 bits per heavy atom. The average Bonchev–Trinajstić information content (AvgIpc) is 3.00. The minimum absolute atomic E-state index is 0.0266. The van der Waals surface area contributed by atoms with Crippen LogP contribution in [0.2, 0.25) is 5.02 Å². The van der Waals surface area contributed by atoms with E-state index in [1.165, 1.54) is 0 Å². The van der Waals surface area contributed by atoms with Gasteiger partial charge < -0.3 is 4.98 Å². The number of aromatic amines is 1. The number of hydrogen-bond acceptors (Lipinski definition) is 3. The molecule has 0 unspecified atom stereocenters. The number of halogens is 1. The fourth-order valence-corrected chi connectivity index (χ4v) is 2.85. The standard InChI is InChI=1S/C15H18ClN3O2S/c16-14-7-5-13(6-8-14)10-19-22(20,21)9-3-1-2-4-15-11-17-12-18-15/h1,3,5-8,11-12,19H,2,4,9-10H2,(H,17,18). The van der Waals surface area contributed by atoms with Crippen molar-refractivity contribution in [3.8, 4) is 0 Å². The van der Waals surface area contributed by atoms with Gasteiger partial charge in [-0.2, -0.15) is 0 Å². The van der Waals surface area contributed by atoms with Gasteiger partial charge in [-0.05, 0) is 30.5 Å². The molecule has 0 aliphatic rings. The summed E-state index contributed by atoms with van der Waals surface area (Å²) in [7, 11) is -3.32. The van der Waals surface area contributed by atoms with Crippen LogP contribution in [0.25, 0.3) is 0 Å². The Morgan fingerprint density at radius 3 is 2.68 bits per heavy atom. The highest BCUT2D eigenvalue weighted by Crippen LogP contribution is 2.09. The summed E-state index contributed by atoms with van der Waals surface area (Å²) in [4.78, 5) is 6.98. The Labute approximate surface area is 135 Å². The number of allylic oxidation sites excluding steroid dienone is 1. The Kier molecular flexibility index (Phi) is 6.18. The van der Waals surface area contributed by atoms with Crippen LogP contribution in [-0.2, 0) is 23.0 Å². The van der Waals surface area contributed by atoms with Crippen LogP contribution < -0.4 is 4.72 Å². The number of nitrogens with one attached hydrogen (secondary N) is 2. The Balaban J connectivity index is 1.72. The fraction of sp³-hybridized carbons (Fsp3) is 0.267. The van der Waals surface area contributed by atoms with E-state index in [0.717, 1.165) is 24.1 Å². The van der Waals surface area contributed by atoms with E-state index in [1.54, 1.807) is 36.7 Å². The molecule has 22 heavy (non-hydrogen) atoms. The monoisotopic (exact) mass is 339 g/mol. The third-order valence-electron chi connectivity index (χ3n) is 3.01. The van der Waals surface area contributed by atoms with Gasteiger partial charge in [0, 0.05) is 17.8 Å². The minimum Gasteiger partial charge on any atom is -0.351 e. The van der Waals surface area contributed by atoms with Gasteiger partial charge in [-0.25, -0.2) is 18.1 Å². The molecule has 0 radical (unpaired) electrons. The molecular formula is C15H18ClN3O2S. The summed E-state index contributed by atoms with van der Waals surface area (Å²) >= 11 is 5.78. The molecule has 7 heteroatoms. The van der Waals surface area contributed by atoms with Gasteiger partial charge in [0.1, 0.15) is 0 Å². The van der Waals surface area contributed by atoms with Crippen LogP contribution in [-0.4, -0.2) is 24.1 Å².